The van der Waals surface area contributed by atoms with Crippen molar-refractivity contribution in [3.63, 3.8) is 0 Å². The summed E-state index contributed by atoms with van der Waals surface area (Å²) in [5, 5.41) is 11.3. The zero-order chi connectivity index (χ0) is 12.8. The second-order valence-electron chi connectivity index (χ2n) is 4.96. The number of hydrogen-bond acceptors (Lipinski definition) is 2. The molecule has 1 N–H and O–H groups in total. The van der Waals surface area contributed by atoms with E-state index < -0.39 is 0 Å². The number of benzene rings is 1. The number of H-pyrrole nitrogens is 1. The topological polar surface area (TPSA) is 41.6 Å². The highest BCUT2D eigenvalue weighted by molar-refractivity contribution is 5.78. The summed E-state index contributed by atoms with van der Waals surface area (Å²) in [7, 11) is 0. The van der Waals surface area contributed by atoms with Gasteiger partial charge in [-0.3, -0.25) is 0 Å². The minimum atomic E-state index is 1.00. The van der Waals surface area contributed by atoms with Crippen LogP contribution >= 0.6 is 0 Å². The van der Waals surface area contributed by atoms with Crippen LogP contribution in [0, 0.1) is 0 Å². The molecule has 0 aliphatic rings. The number of rotatable bonds is 7. The summed E-state index contributed by atoms with van der Waals surface area (Å²) < 4.78 is 0. The van der Waals surface area contributed by atoms with Crippen molar-refractivity contribution in [3.8, 4) is 0 Å². The van der Waals surface area contributed by atoms with E-state index in [1.807, 2.05) is 0 Å². The normalized spacial score (nSPS) is 11.2. The summed E-state index contributed by atoms with van der Waals surface area (Å²) in [6.45, 7) is 4.48. The molecule has 0 aliphatic carbocycles. The minimum absolute atomic E-state index is 1.00. The van der Waals surface area contributed by atoms with Crippen LogP contribution in [0.25, 0.3) is 11.0 Å². The molecular weight excluding hydrogens is 222 g/mol. The van der Waals surface area contributed by atoms with Gasteiger partial charge in [-0.2, -0.15) is 15.4 Å². The van der Waals surface area contributed by atoms with E-state index >= 15 is 0 Å². The fraction of sp³-hybridized carbons (Fsp3) is 0.600. The number of nitrogens with zero attached hydrogens (tertiary/aromatic N) is 2. The van der Waals surface area contributed by atoms with Gasteiger partial charge in [0.25, 0.3) is 0 Å². The summed E-state index contributed by atoms with van der Waals surface area (Å²) in [4.78, 5) is 0. The van der Waals surface area contributed by atoms with Gasteiger partial charge in [-0.15, -0.1) is 0 Å². The van der Waals surface area contributed by atoms with Gasteiger partial charge in [0.05, 0.1) is 0 Å². The van der Waals surface area contributed by atoms with E-state index in [9.17, 15) is 0 Å². The molecule has 0 radical (unpaired) electrons. The third-order valence-electron chi connectivity index (χ3n) is 3.52. The molecule has 0 amide bonds. The van der Waals surface area contributed by atoms with Crippen LogP contribution in [0.1, 0.15) is 57.1 Å². The first-order valence-corrected chi connectivity index (χ1v) is 7.18. The van der Waals surface area contributed by atoms with Crippen LogP contribution in [0.15, 0.2) is 12.1 Å². The average Bonchev–Trinajstić information content (AvgIpc) is 2.85. The average molecular weight is 245 g/mol. The summed E-state index contributed by atoms with van der Waals surface area (Å²) in [6, 6.07) is 4.33. The van der Waals surface area contributed by atoms with Crippen LogP contribution in [0.2, 0.25) is 0 Å². The third-order valence-corrected chi connectivity index (χ3v) is 3.52. The van der Waals surface area contributed by atoms with E-state index in [1.165, 1.54) is 49.7 Å². The first-order chi connectivity index (χ1) is 8.86. The Balaban J connectivity index is 2.25. The number of hydrogen-bond donors (Lipinski definition) is 1. The highest BCUT2D eigenvalue weighted by Gasteiger charge is 2.10. The molecule has 0 bridgehead atoms. The van der Waals surface area contributed by atoms with E-state index in [1.54, 1.807) is 0 Å². The maximum absolute atomic E-state index is 4.32. The van der Waals surface area contributed by atoms with Crippen molar-refractivity contribution in [2.24, 2.45) is 0 Å². The Hall–Kier alpha value is -1.38. The van der Waals surface area contributed by atoms with E-state index in [0.29, 0.717) is 0 Å². The second-order valence-corrected chi connectivity index (χ2v) is 4.96. The molecule has 1 aromatic carbocycles. The molecule has 0 saturated carbocycles. The lowest BCUT2D eigenvalue weighted by atomic mass is 9.96. The van der Waals surface area contributed by atoms with E-state index in [-0.39, 0.29) is 0 Å². The van der Waals surface area contributed by atoms with Crippen molar-refractivity contribution in [2.75, 3.05) is 0 Å². The number of aromatic amines is 1. The van der Waals surface area contributed by atoms with Crippen LogP contribution in [0.3, 0.4) is 0 Å². The fourth-order valence-electron chi connectivity index (χ4n) is 2.44. The van der Waals surface area contributed by atoms with Gasteiger partial charge in [0.1, 0.15) is 11.0 Å². The summed E-state index contributed by atoms with van der Waals surface area (Å²) in [5.74, 6) is 0. The Morgan fingerprint density at radius 3 is 2.56 bits per heavy atom. The molecule has 98 valence electrons. The van der Waals surface area contributed by atoms with Crippen molar-refractivity contribution >= 4 is 11.0 Å². The first kappa shape index (κ1) is 13.1. The molecule has 1 heterocycles. The van der Waals surface area contributed by atoms with Crippen LogP contribution in [-0.2, 0) is 12.8 Å². The second kappa shape index (κ2) is 6.53. The lowest BCUT2D eigenvalue weighted by Crippen LogP contribution is -1.97. The van der Waals surface area contributed by atoms with Gasteiger partial charge in [-0.05, 0) is 42.9 Å². The van der Waals surface area contributed by atoms with Crippen LogP contribution in [0.4, 0.5) is 0 Å². The molecular formula is C15H23N3. The van der Waals surface area contributed by atoms with Gasteiger partial charge in [0.2, 0.25) is 0 Å². The predicted molar refractivity (Wildman–Crippen MR) is 75.7 cm³/mol. The molecule has 0 spiro atoms. The Labute approximate surface area is 109 Å². The van der Waals surface area contributed by atoms with Gasteiger partial charge < -0.3 is 0 Å². The van der Waals surface area contributed by atoms with Crippen molar-refractivity contribution < 1.29 is 0 Å². The minimum Gasteiger partial charge on any atom is -0.197 e. The zero-order valence-electron chi connectivity index (χ0n) is 11.5. The highest BCUT2D eigenvalue weighted by Crippen LogP contribution is 2.22. The standard InChI is InChI=1S/C15H23N3/c1-3-5-7-8-12-10-11-14-15(17-18-16-14)13(12)9-6-4-2/h10-11H,3-9H2,1-2H3,(H,16,17,18). The molecule has 0 saturated heterocycles. The zero-order valence-corrected chi connectivity index (χ0v) is 11.5. The highest BCUT2D eigenvalue weighted by atomic mass is 15.3. The van der Waals surface area contributed by atoms with Gasteiger partial charge in [-0.1, -0.05) is 39.2 Å². The largest absolute Gasteiger partial charge is 0.197 e. The summed E-state index contributed by atoms with van der Waals surface area (Å²) in [5.41, 5.74) is 4.97. The van der Waals surface area contributed by atoms with Crippen molar-refractivity contribution in [1.29, 1.82) is 0 Å². The molecule has 18 heavy (non-hydrogen) atoms. The van der Waals surface area contributed by atoms with Gasteiger partial charge in [0.15, 0.2) is 0 Å². The van der Waals surface area contributed by atoms with Gasteiger partial charge in [-0.25, -0.2) is 0 Å². The lowest BCUT2D eigenvalue weighted by molar-refractivity contribution is 0.708. The quantitative estimate of drug-likeness (QED) is 0.748. The summed E-state index contributed by atoms with van der Waals surface area (Å²) in [6.07, 6.45) is 8.62. The predicted octanol–water partition coefficient (Wildman–Crippen LogP) is 4.03. The maximum atomic E-state index is 4.32. The molecule has 0 unspecified atom stereocenters. The smallest absolute Gasteiger partial charge is 0.116 e. The molecule has 0 aliphatic heterocycles. The molecule has 3 nitrogen and oxygen atoms in total. The summed E-state index contributed by atoms with van der Waals surface area (Å²) >= 11 is 0. The Bertz CT molecular complexity index is 487. The number of nitrogens with one attached hydrogen (secondary N) is 1. The van der Waals surface area contributed by atoms with Gasteiger partial charge >= 0.3 is 0 Å². The SMILES string of the molecule is CCCCCc1ccc2n[nH]nc2c1CCCC. The first-order valence-electron chi connectivity index (χ1n) is 7.18. The Morgan fingerprint density at radius 1 is 0.944 bits per heavy atom. The van der Waals surface area contributed by atoms with Crippen LogP contribution in [0.5, 0.6) is 0 Å². The Morgan fingerprint density at radius 2 is 1.78 bits per heavy atom. The molecule has 0 atom stereocenters. The third kappa shape index (κ3) is 2.89. The van der Waals surface area contributed by atoms with Crippen LogP contribution in [-0.4, -0.2) is 15.4 Å². The van der Waals surface area contributed by atoms with Gasteiger partial charge in [0, 0.05) is 0 Å². The monoisotopic (exact) mass is 245 g/mol. The van der Waals surface area contributed by atoms with Crippen molar-refractivity contribution in [2.45, 2.75) is 58.8 Å². The van der Waals surface area contributed by atoms with Crippen molar-refractivity contribution in [1.82, 2.24) is 15.4 Å². The number of aryl methyl sites for hydroxylation is 2. The van der Waals surface area contributed by atoms with E-state index in [4.69, 9.17) is 0 Å². The lowest BCUT2D eigenvalue weighted by Gasteiger charge is -2.09. The molecule has 1 aromatic heterocycles. The number of aromatic nitrogens is 3. The van der Waals surface area contributed by atoms with E-state index in [2.05, 4.69) is 41.4 Å². The van der Waals surface area contributed by atoms with Crippen molar-refractivity contribution in [3.05, 3.63) is 23.3 Å². The number of fused-ring (bicyclic) bond motifs is 1. The molecule has 3 heteroatoms. The Kier molecular flexibility index (Phi) is 4.73. The fourth-order valence-corrected chi connectivity index (χ4v) is 2.44. The number of unbranched alkanes of at least 4 members (excludes halogenated alkanes) is 3. The molecule has 0 fully saturated rings. The van der Waals surface area contributed by atoms with E-state index in [0.717, 1.165) is 17.5 Å². The maximum Gasteiger partial charge on any atom is 0.116 e. The molecule has 2 aromatic rings. The van der Waals surface area contributed by atoms with Crippen LogP contribution < -0.4 is 0 Å². The molecule has 2 rings (SSSR count).